The van der Waals surface area contributed by atoms with Crippen LogP contribution in [0.1, 0.15) is 18.4 Å². The fourth-order valence-electron chi connectivity index (χ4n) is 3.79. The molecule has 2 aliphatic rings. The average Bonchev–Trinajstić information content (AvgIpc) is 2.74. The Bertz CT molecular complexity index is 1120. The van der Waals surface area contributed by atoms with Crippen molar-refractivity contribution in [1.29, 1.82) is 0 Å². The lowest BCUT2D eigenvalue weighted by molar-refractivity contribution is -0.379. The number of carbonyl (C=O) groups excluding carboxylic acids is 1. The number of piperidine rings is 1. The number of halogens is 2. The van der Waals surface area contributed by atoms with Gasteiger partial charge in [0.2, 0.25) is 10.0 Å². The Balaban J connectivity index is 1.53. The molecule has 0 atom stereocenters. The van der Waals surface area contributed by atoms with Crippen LogP contribution in [0.5, 0.6) is 0 Å². The minimum absolute atomic E-state index is 0.000965. The number of ether oxygens (including phenoxy) is 1. The highest BCUT2D eigenvalue weighted by Gasteiger charge is 2.37. The normalized spacial score (nSPS) is 18.1. The van der Waals surface area contributed by atoms with E-state index in [0.29, 0.717) is 17.9 Å². The molecule has 11 heteroatoms. The van der Waals surface area contributed by atoms with Crippen LogP contribution in [0.25, 0.3) is 0 Å². The van der Waals surface area contributed by atoms with Gasteiger partial charge in [0.05, 0.1) is 10.6 Å². The highest BCUT2D eigenvalue weighted by molar-refractivity contribution is 7.89. The maximum Gasteiger partial charge on any atom is 0.414 e. The molecular formula is C19H18Cl2N3O5S+. The van der Waals surface area contributed by atoms with E-state index >= 15 is 0 Å². The van der Waals surface area contributed by atoms with Gasteiger partial charge in [0, 0.05) is 45.9 Å². The standard InChI is InChI=1S/C19H17Cl2N3O5S/c20-13-1-4-18-12(9-13)11-29-19(25)24(18)14-5-7-23(8-6-14)30(27,28)15-2-3-16(21)17(10-15)22-26/h1-4,9-10,14H,5-8,11H2/p+1. The summed E-state index contributed by atoms with van der Waals surface area (Å²) in [5.41, 5.74) is 1.55. The number of rotatable bonds is 4. The number of carbonyl (C=O) groups is 1. The van der Waals surface area contributed by atoms with Gasteiger partial charge < -0.3 is 4.74 Å². The van der Waals surface area contributed by atoms with Crippen molar-refractivity contribution in [3.05, 3.63) is 56.9 Å². The summed E-state index contributed by atoms with van der Waals surface area (Å²) >= 11 is 11.9. The highest BCUT2D eigenvalue weighted by atomic mass is 35.5. The van der Waals surface area contributed by atoms with Crippen LogP contribution in [0.2, 0.25) is 10.0 Å². The van der Waals surface area contributed by atoms with Crippen LogP contribution in [0.15, 0.2) is 41.3 Å². The Hall–Kier alpha value is -2.20. The van der Waals surface area contributed by atoms with Gasteiger partial charge in [-0.25, -0.2) is 13.2 Å². The third-order valence-electron chi connectivity index (χ3n) is 5.32. The number of amides is 1. The molecule has 1 fully saturated rings. The van der Waals surface area contributed by atoms with E-state index in [1.165, 1.54) is 22.5 Å². The van der Waals surface area contributed by atoms with Gasteiger partial charge in [-0.3, -0.25) is 4.90 Å². The lowest BCUT2D eigenvalue weighted by Gasteiger charge is -2.39. The molecule has 0 saturated carbocycles. The Morgan fingerprint density at radius 3 is 2.50 bits per heavy atom. The summed E-state index contributed by atoms with van der Waals surface area (Å²) in [6, 6.07) is 9.02. The SMILES string of the molecule is O=[NH+]c1cc(S(=O)(=O)N2CCC(N3C(=O)OCc4cc(Cl)ccc43)CC2)ccc1Cl. The summed E-state index contributed by atoms with van der Waals surface area (Å²) in [5, 5.41) is 2.35. The molecule has 0 spiro atoms. The van der Waals surface area contributed by atoms with E-state index in [-0.39, 0.29) is 41.3 Å². The van der Waals surface area contributed by atoms with E-state index in [1.54, 1.807) is 28.3 Å². The van der Waals surface area contributed by atoms with Crippen LogP contribution in [0.3, 0.4) is 0 Å². The minimum atomic E-state index is -3.80. The third-order valence-corrected chi connectivity index (χ3v) is 7.78. The summed E-state index contributed by atoms with van der Waals surface area (Å²) in [7, 11) is -3.80. The molecule has 1 saturated heterocycles. The Morgan fingerprint density at radius 1 is 1.07 bits per heavy atom. The predicted molar refractivity (Wildman–Crippen MR) is 111 cm³/mol. The first kappa shape index (κ1) is 21.0. The maximum absolute atomic E-state index is 13.0. The van der Waals surface area contributed by atoms with Gasteiger partial charge in [0.1, 0.15) is 11.6 Å². The van der Waals surface area contributed by atoms with Crippen molar-refractivity contribution in [3.8, 4) is 0 Å². The second-order valence-electron chi connectivity index (χ2n) is 7.08. The smallest absolute Gasteiger partial charge is 0.414 e. The number of anilines is 1. The lowest BCUT2D eigenvalue weighted by Crippen LogP contribution is -2.56. The molecule has 2 aliphatic heterocycles. The minimum Gasteiger partial charge on any atom is -0.444 e. The van der Waals surface area contributed by atoms with Gasteiger partial charge >= 0.3 is 6.09 Å². The summed E-state index contributed by atoms with van der Waals surface area (Å²) in [4.78, 5) is 25.0. The molecule has 2 aromatic carbocycles. The maximum atomic E-state index is 13.0. The molecule has 2 aromatic rings. The number of cyclic esters (lactones) is 1. The van der Waals surface area contributed by atoms with Gasteiger partial charge in [-0.2, -0.15) is 4.31 Å². The van der Waals surface area contributed by atoms with Crippen LogP contribution in [0.4, 0.5) is 16.2 Å². The van der Waals surface area contributed by atoms with E-state index in [2.05, 4.69) is 0 Å². The van der Waals surface area contributed by atoms with Crippen LogP contribution >= 0.6 is 23.2 Å². The summed E-state index contributed by atoms with van der Waals surface area (Å²) in [5.74, 6) is 0. The van der Waals surface area contributed by atoms with Crippen molar-refractivity contribution in [2.45, 2.75) is 30.4 Å². The molecule has 30 heavy (non-hydrogen) atoms. The van der Waals surface area contributed by atoms with Gasteiger partial charge in [-0.1, -0.05) is 23.2 Å². The molecule has 0 aromatic heterocycles. The summed E-state index contributed by atoms with van der Waals surface area (Å²) in [6.07, 6.45) is 0.433. The number of sulfonamides is 1. The quantitative estimate of drug-likeness (QED) is 0.740. The van der Waals surface area contributed by atoms with E-state index < -0.39 is 16.1 Å². The Morgan fingerprint density at radius 2 is 1.80 bits per heavy atom. The number of nitrogens with zero attached hydrogens (tertiary/aromatic N) is 2. The Kier molecular flexibility index (Phi) is 5.71. The third kappa shape index (κ3) is 3.78. The lowest BCUT2D eigenvalue weighted by atomic mass is 10.0. The van der Waals surface area contributed by atoms with Crippen molar-refractivity contribution < 1.29 is 23.1 Å². The number of benzene rings is 2. The van der Waals surface area contributed by atoms with Crippen molar-refractivity contribution in [2.75, 3.05) is 18.0 Å². The Labute approximate surface area is 183 Å². The number of nitroso groups, excluding NO2 is 1. The van der Waals surface area contributed by atoms with Crippen molar-refractivity contribution in [2.24, 2.45) is 0 Å². The molecular weight excluding hydrogens is 453 g/mol. The van der Waals surface area contributed by atoms with Crippen LogP contribution in [-0.4, -0.2) is 37.9 Å². The van der Waals surface area contributed by atoms with E-state index in [0.717, 1.165) is 11.3 Å². The summed E-state index contributed by atoms with van der Waals surface area (Å²) in [6.45, 7) is 0.607. The first-order chi connectivity index (χ1) is 14.3. The van der Waals surface area contributed by atoms with Crippen LogP contribution in [-0.2, 0) is 21.4 Å². The molecule has 8 nitrogen and oxygen atoms in total. The van der Waals surface area contributed by atoms with Crippen LogP contribution in [0, 0.1) is 4.91 Å². The highest BCUT2D eigenvalue weighted by Crippen LogP contribution is 2.34. The largest absolute Gasteiger partial charge is 0.444 e. The molecule has 158 valence electrons. The molecule has 0 unspecified atom stereocenters. The second kappa shape index (κ2) is 8.14. The molecule has 2 heterocycles. The number of nitrogens with one attached hydrogen (secondary N) is 1. The van der Waals surface area contributed by atoms with Crippen molar-refractivity contribution in [3.63, 3.8) is 0 Å². The zero-order chi connectivity index (χ0) is 21.5. The van der Waals surface area contributed by atoms with E-state index in [9.17, 15) is 18.1 Å². The topological polar surface area (TPSA) is 98.0 Å². The van der Waals surface area contributed by atoms with Gasteiger partial charge in [-0.15, -0.1) is 0 Å². The van der Waals surface area contributed by atoms with Crippen molar-refractivity contribution in [1.82, 2.24) is 4.31 Å². The fraction of sp³-hybridized carbons (Fsp3) is 0.316. The zero-order valence-electron chi connectivity index (χ0n) is 15.7. The predicted octanol–water partition coefficient (Wildman–Crippen LogP) is 2.78. The molecule has 1 amide bonds. The molecule has 4 rings (SSSR count). The van der Waals surface area contributed by atoms with Gasteiger partial charge in [-0.05, 0) is 43.2 Å². The van der Waals surface area contributed by atoms with Crippen LogP contribution < -0.4 is 10.1 Å². The zero-order valence-corrected chi connectivity index (χ0v) is 18.0. The number of fused-ring (bicyclic) bond motifs is 1. The molecule has 0 radical (unpaired) electrons. The van der Waals surface area contributed by atoms with E-state index in [4.69, 9.17) is 27.9 Å². The number of hydrogen-bond acceptors (Lipinski definition) is 5. The van der Waals surface area contributed by atoms with Crippen molar-refractivity contribution >= 4 is 50.7 Å². The first-order valence-electron chi connectivity index (χ1n) is 9.23. The second-order valence-corrected chi connectivity index (χ2v) is 9.86. The monoisotopic (exact) mass is 470 g/mol. The average molecular weight is 471 g/mol. The van der Waals surface area contributed by atoms with E-state index in [1.807, 2.05) is 0 Å². The fourth-order valence-corrected chi connectivity index (χ4v) is 5.64. The molecule has 0 aliphatic carbocycles. The van der Waals surface area contributed by atoms with Gasteiger partial charge in [0.15, 0.2) is 0 Å². The molecule has 1 N–H and O–H groups in total. The first-order valence-corrected chi connectivity index (χ1v) is 11.4. The summed E-state index contributed by atoms with van der Waals surface area (Å²) < 4.78 is 32.6. The number of hydrogen-bond donors (Lipinski definition) is 1. The molecule has 0 bridgehead atoms. The van der Waals surface area contributed by atoms with Gasteiger partial charge in [0.25, 0.3) is 5.69 Å².